The average molecular weight is 394 g/mol. The molecule has 3 rings (SSSR count). The first-order valence-electron chi connectivity index (χ1n) is 8.60. The Morgan fingerprint density at radius 2 is 1.71 bits per heavy atom. The van der Waals surface area contributed by atoms with E-state index < -0.39 is 41.2 Å². The lowest BCUT2D eigenvalue weighted by molar-refractivity contribution is -0.621. The Bertz CT molecular complexity index is 938. The van der Waals surface area contributed by atoms with Crippen molar-refractivity contribution in [1.29, 1.82) is 0 Å². The van der Waals surface area contributed by atoms with E-state index in [1.807, 2.05) is 0 Å². The van der Waals surface area contributed by atoms with Gasteiger partial charge in [0.1, 0.15) is 17.3 Å². The van der Waals surface area contributed by atoms with E-state index in [1.165, 1.54) is 24.5 Å². The standard InChI is InChI=1S/C19H20F2N2O5/c1-9-10(2)23(26)16(22(9)5)14(11-6-7-12(20)13(21)8-11)15-17(24)27-19(3,4)28-18(15)25/h6-8,14-15H,1-5H3. The number of carbonyl (C=O) groups excluding carboxylic acids is 2. The van der Waals surface area contributed by atoms with Gasteiger partial charge in [0.15, 0.2) is 17.6 Å². The third-order valence-electron chi connectivity index (χ3n) is 5.00. The molecule has 0 spiro atoms. The number of carbonyl (C=O) groups is 2. The van der Waals surface area contributed by atoms with E-state index in [2.05, 4.69) is 0 Å². The van der Waals surface area contributed by atoms with E-state index in [9.17, 15) is 23.6 Å². The van der Waals surface area contributed by atoms with Gasteiger partial charge in [0, 0.05) is 27.7 Å². The lowest BCUT2D eigenvalue weighted by Crippen LogP contribution is -2.50. The summed E-state index contributed by atoms with van der Waals surface area (Å²) in [7, 11) is 1.59. The molecule has 9 heteroatoms. The summed E-state index contributed by atoms with van der Waals surface area (Å²) in [6, 6.07) is 2.96. The van der Waals surface area contributed by atoms with Crippen molar-refractivity contribution in [3.05, 3.63) is 57.8 Å². The maximum Gasteiger partial charge on any atom is 0.324 e. The Hall–Kier alpha value is -2.97. The predicted octanol–water partition coefficient (Wildman–Crippen LogP) is 2.14. The Labute approximate surface area is 160 Å². The number of halogens is 2. The Morgan fingerprint density at radius 3 is 2.18 bits per heavy atom. The van der Waals surface area contributed by atoms with Gasteiger partial charge >= 0.3 is 11.9 Å². The summed E-state index contributed by atoms with van der Waals surface area (Å²) in [6.07, 6.45) is 0. The maximum atomic E-state index is 13.9. The fourth-order valence-corrected chi connectivity index (χ4v) is 3.40. The van der Waals surface area contributed by atoms with Gasteiger partial charge in [0.05, 0.1) is 7.05 Å². The van der Waals surface area contributed by atoms with Crippen LogP contribution in [0, 0.1) is 36.6 Å². The molecular formula is C19H20F2N2O5. The number of imidazole rings is 1. The molecule has 2 heterocycles. The van der Waals surface area contributed by atoms with Crippen LogP contribution >= 0.6 is 0 Å². The number of hydrogen-bond donors (Lipinski definition) is 0. The van der Waals surface area contributed by atoms with E-state index in [-0.39, 0.29) is 11.4 Å². The largest absolute Gasteiger partial charge is 0.711 e. The van der Waals surface area contributed by atoms with Crippen LogP contribution in [-0.4, -0.2) is 22.3 Å². The second-order valence-electron chi connectivity index (χ2n) is 7.25. The molecule has 1 atom stereocenters. The third kappa shape index (κ3) is 3.10. The topological polar surface area (TPSA) is 84.5 Å². The summed E-state index contributed by atoms with van der Waals surface area (Å²) in [5.41, 5.74) is 1.01. The molecule has 0 aliphatic carbocycles. The number of esters is 2. The van der Waals surface area contributed by atoms with Crippen LogP contribution in [0.5, 0.6) is 0 Å². The zero-order valence-corrected chi connectivity index (χ0v) is 16.1. The van der Waals surface area contributed by atoms with Gasteiger partial charge < -0.3 is 14.7 Å². The van der Waals surface area contributed by atoms with Crippen LogP contribution in [0.2, 0.25) is 0 Å². The van der Waals surface area contributed by atoms with Crippen molar-refractivity contribution >= 4 is 11.9 Å². The minimum Gasteiger partial charge on any atom is -0.711 e. The number of ether oxygens (including phenoxy) is 2. The van der Waals surface area contributed by atoms with Gasteiger partial charge in [-0.3, -0.25) is 9.59 Å². The molecule has 0 radical (unpaired) electrons. The van der Waals surface area contributed by atoms with E-state index in [0.29, 0.717) is 16.1 Å². The smallest absolute Gasteiger partial charge is 0.324 e. The number of cyclic esters (lactones) is 2. The molecule has 7 nitrogen and oxygen atoms in total. The highest BCUT2D eigenvalue weighted by Crippen LogP contribution is 2.38. The first kappa shape index (κ1) is 19.8. The summed E-state index contributed by atoms with van der Waals surface area (Å²) in [6.45, 7) is 6.07. The summed E-state index contributed by atoms with van der Waals surface area (Å²) in [5, 5.41) is 12.8. The van der Waals surface area contributed by atoms with Gasteiger partial charge in [-0.05, 0) is 17.7 Å². The van der Waals surface area contributed by atoms with Crippen molar-refractivity contribution in [3.8, 4) is 0 Å². The van der Waals surface area contributed by atoms with Gasteiger partial charge in [-0.2, -0.15) is 0 Å². The molecule has 0 bridgehead atoms. The van der Waals surface area contributed by atoms with Crippen LogP contribution in [0.25, 0.3) is 0 Å². The number of hydrogen-bond acceptors (Lipinski definition) is 5. The zero-order chi connectivity index (χ0) is 21.0. The minimum absolute atomic E-state index is 0.0135. The van der Waals surface area contributed by atoms with Crippen molar-refractivity contribution in [1.82, 2.24) is 4.57 Å². The molecule has 1 aliphatic heterocycles. The molecule has 0 amide bonds. The third-order valence-corrected chi connectivity index (χ3v) is 5.00. The summed E-state index contributed by atoms with van der Waals surface area (Å²) >= 11 is 0. The highest BCUT2D eigenvalue weighted by Gasteiger charge is 2.51. The molecule has 1 aromatic heterocycles. The van der Waals surface area contributed by atoms with Crippen LogP contribution in [-0.2, 0) is 26.1 Å². The lowest BCUT2D eigenvalue weighted by Gasteiger charge is -2.35. The fraction of sp³-hybridized carbons (Fsp3) is 0.421. The normalized spacial score (nSPS) is 18.0. The van der Waals surface area contributed by atoms with E-state index >= 15 is 0 Å². The number of aromatic nitrogens is 2. The number of nitrogens with zero attached hydrogens (tertiary/aromatic N) is 2. The maximum absolute atomic E-state index is 13.9. The van der Waals surface area contributed by atoms with Crippen molar-refractivity contribution in [3.63, 3.8) is 0 Å². The second-order valence-corrected chi connectivity index (χ2v) is 7.25. The van der Waals surface area contributed by atoms with Crippen LogP contribution in [0.1, 0.15) is 42.5 Å². The van der Waals surface area contributed by atoms with Crippen LogP contribution in [0.3, 0.4) is 0 Å². The Morgan fingerprint density at radius 1 is 1.14 bits per heavy atom. The summed E-state index contributed by atoms with van der Waals surface area (Å²) in [5.74, 6) is -8.31. The van der Waals surface area contributed by atoms with Crippen molar-refractivity contribution in [2.45, 2.75) is 39.4 Å². The predicted molar refractivity (Wildman–Crippen MR) is 91.8 cm³/mol. The number of benzene rings is 1. The zero-order valence-electron chi connectivity index (χ0n) is 16.1. The van der Waals surface area contributed by atoms with Crippen LogP contribution < -0.4 is 4.73 Å². The highest BCUT2D eigenvalue weighted by molar-refractivity contribution is 5.98. The quantitative estimate of drug-likeness (QED) is 0.345. The van der Waals surface area contributed by atoms with Gasteiger partial charge in [-0.1, -0.05) is 6.07 Å². The first-order valence-corrected chi connectivity index (χ1v) is 8.60. The van der Waals surface area contributed by atoms with Gasteiger partial charge in [-0.25, -0.2) is 18.1 Å². The molecule has 150 valence electrons. The van der Waals surface area contributed by atoms with Gasteiger partial charge in [0.2, 0.25) is 0 Å². The number of rotatable bonds is 3. The van der Waals surface area contributed by atoms with Crippen LogP contribution in [0.15, 0.2) is 18.2 Å². The summed E-state index contributed by atoms with van der Waals surface area (Å²) in [4.78, 5) is 25.3. The molecule has 2 aromatic rings. The Balaban J connectivity index is 2.24. The molecule has 1 saturated heterocycles. The highest BCUT2D eigenvalue weighted by atomic mass is 19.2. The molecule has 1 aromatic carbocycles. The van der Waals surface area contributed by atoms with Crippen LogP contribution in [0.4, 0.5) is 8.78 Å². The Kier molecular flexibility index (Phi) is 4.64. The monoisotopic (exact) mass is 394 g/mol. The first-order chi connectivity index (χ1) is 12.9. The van der Waals surface area contributed by atoms with Crippen molar-refractivity contribution < 1.29 is 32.6 Å². The molecular weight excluding hydrogens is 374 g/mol. The molecule has 1 aliphatic rings. The van der Waals surface area contributed by atoms with Crippen molar-refractivity contribution in [2.75, 3.05) is 0 Å². The SMILES string of the molecule is Cc1c(C)[n+]([O-])c(C(c2ccc(F)c(F)c2)C2C(=O)OC(C)(C)OC2=O)n1C. The molecule has 1 fully saturated rings. The molecule has 0 saturated carbocycles. The molecule has 28 heavy (non-hydrogen) atoms. The molecule has 1 unspecified atom stereocenters. The van der Waals surface area contributed by atoms with E-state index in [1.54, 1.807) is 20.9 Å². The lowest BCUT2D eigenvalue weighted by atomic mass is 9.84. The van der Waals surface area contributed by atoms with Gasteiger partial charge in [0.25, 0.3) is 11.6 Å². The van der Waals surface area contributed by atoms with Gasteiger partial charge in [-0.15, -0.1) is 0 Å². The minimum atomic E-state index is -1.55. The van der Waals surface area contributed by atoms with E-state index in [4.69, 9.17) is 9.47 Å². The second kappa shape index (κ2) is 6.57. The fourth-order valence-electron chi connectivity index (χ4n) is 3.40. The average Bonchev–Trinajstić information content (AvgIpc) is 2.77. The molecule has 0 N–H and O–H groups in total. The summed E-state index contributed by atoms with van der Waals surface area (Å²) < 4.78 is 39.8. The van der Waals surface area contributed by atoms with E-state index in [0.717, 1.165) is 12.1 Å². The van der Waals surface area contributed by atoms with Crippen molar-refractivity contribution in [2.24, 2.45) is 13.0 Å².